The summed E-state index contributed by atoms with van der Waals surface area (Å²) in [5.41, 5.74) is 0.144. The van der Waals surface area contributed by atoms with Gasteiger partial charge >= 0.3 is 5.97 Å². The first-order chi connectivity index (χ1) is 10.1. The predicted molar refractivity (Wildman–Crippen MR) is 70.8 cm³/mol. The van der Waals surface area contributed by atoms with Crippen LogP contribution in [0.3, 0.4) is 0 Å². The van der Waals surface area contributed by atoms with Gasteiger partial charge < -0.3 is 10.4 Å². The number of aromatic nitrogens is 4. The molecule has 1 aromatic carbocycles. The molecule has 1 heterocycles. The fourth-order valence-electron chi connectivity index (χ4n) is 2.10. The minimum Gasteiger partial charge on any atom is -0.481 e. The molecule has 1 saturated carbocycles. The maximum Gasteiger partial charge on any atom is 0.311 e. The first-order valence-electron chi connectivity index (χ1n) is 6.46. The lowest BCUT2D eigenvalue weighted by atomic mass is 10.1. The van der Waals surface area contributed by atoms with Gasteiger partial charge in [0.25, 0.3) is 5.91 Å². The minimum absolute atomic E-state index is 0.130. The molecule has 0 saturated heterocycles. The average Bonchev–Trinajstić information content (AvgIpc) is 3.10. The number of hydrogen-bond donors (Lipinski definition) is 2. The standard InChI is InChI=1S/C13H13N5O3/c19-11(14-7-13(5-6-13)12(20)21)9-3-1-2-4-10(9)18-8-15-16-17-18/h1-4,8H,5-7H2,(H,14,19)(H,20,21). The Hall–Kier alpha value is -2.77. The number of carboxylic acids is 1. The Kier molecular flexibility index (Phi) is 3.13. The van der Waals surface area contributed by atoms with E-state index in [2.05, 4.69) is 20.8 Å². The van der Waals surface area contributed by atoms with E-state index < -0.39 is 11.4 Å². The van der Waals surface area contributed by atoms with Crippen molar-refractivity contribution in [1.82, 2.24) is 25.5 Å². The van der Waals surface area contributed by atoms with Crippen molar-refractivity contribution in [1.29, 1.82) is 0 Å². The molecule has 0 aliphatic heterocycles. The van der Waals surface area contributed by atoms with Crippen molar-refractivity contribution < 1.29 is 14.7 Å². The normalized spacial score (nSPS) is 15.4. The van der Waals surface area contributed by atoms with Crippen LogP contribution in [0.1, 0.15) is 23.2 Å². The van der Waals surface area contributed by atoms with E-state index in [4.69, 9.17) is 5.11 Å². The van der Waals surface area contributed by atoms with Gasteiger partial charge in [0.15, 0.2) is 0 Å². The van der Waals surface area contributed by atoms with Crippen molar-refractivity contribution in [3.8, 4) is 5.69 Å². The van der Waals surface area contributed by atoms with Gasteiger partial charge in [-0.15, -0.1) is 5.10 Å². The molecule has 0 radical (unpaired) electrons. The van der Waals surface area contributed by atoms with Gasteiger partial charge in [-0.25, -0.2) is 0 Å². The highest BCUT2D eigenvalue weighted by Gasteiger charge is 2.50. The van der Waals surface area contributed by atoms with Gasteiger partial charge in [0, 0.05) is 6.54 Å². The first-order valence-corrected chi connectivity index (χ1v) is 6.46. The molecule has 108 valence electrons. The number of para-hydroxylation sites is 1. The number of carboxylic acid groups (broad SMARTS) is 1. The van der Waals surface area contributed by atoms with Crippen molar-refractivity contribution in [2.45, 2.75) is 12.8 Å². The SMILES string of the molecule is O=C(NCC1(C(=O)O)CC1)c1ccccc1-n1cnnn1. The Bertz CT molecular complexity index is 679. The topological polar surface area (TPSA) is 110 Å². The number of hydrogen-bond acceptors (Lipinski definition) is 5. The van der Waals surface area contributed by atoms with Crippen LogP contribution < -0.4 is 5.32 Å². The molecule has 21 heavy (non-hydrogen) atoms. The third kappa shape index (κ3) is 2.47. The monoisotopic (exact) mass is 287 g/mol. The highest BCUT2D eigenvalue weighted by molar-refractivity contribution is 5.98. The number of nitrogens with zero attached hydrogens (tertiary/aromatic N) is 4. The molecule has 1 amide bonds. The third-order valence-corrected chi connectivity index (χ3v) is 3.64. The van der Waals surface area contributed by atoms with E-state index >= 15 is 0 Å². The Morgan fingerprint density at radius 2 is 2.10 bits per heavy atom. The van der Waals surface area contributed by atoms with Crippen LogP contribution >= 0.6 is 0 Å². The lowest BCUT2D eigenvalue weighted by Crippen LogP contribution is -2.34. The summed E-state index contributed by atoms with van der Waals surface area (Å²) in [6.45, 7) is 0.130. The van der Waals surface area contributed by atoms with Gasteiger partial charge in [-0.2, -0.15) is 4.68 Å². The molecule has 8 heteroatoms. The summed E-state index contributed by atoms with van der Waals surface area (Å²) >= 11 is 0. The van der Waals surface area contributed by atoms with Crippen LogP contribution in [-0.4, -0.2) is 43.7 Å². The molecule has 1 fully saturated rings. The molecule has 0 unspecified atom stereocenters. The van der Waals surface area contributed by atoms with Crippen molar-refractivity contribution in [3.05, 3.63) is 36.2 Å². The Morgan fingerprint density at radius 1 is 1.33 bits per heavy atom. The molecule has 0 atom stereocenters. The average molecular weight is 287 g/mol. The largest absolute Gasteiger partial charge is 0.481 e. The van der Waals surface area contributed by atoms with Gasteiger partial charge in [0.2, 0.25) is 0 Å². The summed E-state index contributed by atoms with van der Waals surface area (Å²) in [5, 5.41) is 22.6. The van der Waals surface area contributed by atoms with Gasteiger partial charge in [0.1, 0.15) is 6.33 Å². The van der Waals surface area contributed by atoms with E-state index in [1.165, 1.54) is 11.0 Å². The van der Waals surface area contributed by atoms with Gasteiger partial charge in [0.05, 0.1) is 16.7 Å². The Labute approximate surface area is 119 Å². The summed E-state index contributed by atoms with van der Waals surface area (Å²) in [4.78, 5) is 23.4. The minimum atomic E-state index is -0.864. The Balaban J connectivity index is 1.78. The maximum absolute atomic E-state index is 12.3. The van der Waals surface area contributed by atoms with Gasteiger partial charge in [-0.3, -0.25) is 9.59 Å². The second kappa shape index (κ2) is 4.97. The van der Waals surface area contributed by atoms with Crippen LogP contribution in [-0.2, 0) is 4.79 Å². The van der Waals surface area contributed by atoms with Crippen molar-refractivity contribution in [3.63, 3.8) is 0 Å². The van der Waals surface area contributed by atoms with E-state index in [0.717, 1.165) is 0 Å². The second-order valence-corrected chi connectivity index (χ2v) is 5.04. The van der Waals surface area contributed by atoms with Crippen molar-refractivity contribution in [2.24, 2.45) is 5.41 Å². The Morgan fingerprint density at radius 3 is 2.71 bits per heavy atom. The molecule has 2 aromatic rings. The van der Waals surface area contributed by atoms with Crippen LogP contribution in [0, 0.1) is 5.41 Å². The van der Waals surface area contributed by atoms with Crippen LogP contribution in [0.4, 0.5) is 0 Å². The summed E-state index contributed by atoms with van der Waals surface area (Å²) in [5.74, 6) is -1.20. The molecule has 2 N–H and O–H groups in total. The predicted octanol–water partition coefficient (Wildman–Crippen LogP) is 0.257. The van der Waals surface area contributed by atoms with E-state index in [-0.39, 0.29) is 12.5 Å². The molecule has 3 rings (SSSR count). The summed E-state index contributed by atoms with van der Waals surface area (Å²) < 4.78 is 1.39. The smallest absolute Gasteiger partial charge is 0.311 e. The lowest BCUT2D eigenvalue weighted by Gasteiger charge is -2.12. The van der Waals surface area contributed by atoms with Crippen LogP contribution in [0.5, 0.6) is 0 Å². The number of rotatable bonds is 5. The van der Waals surface area contributed by atoms with Crippen LogP contribution in [0.25, 0.3) is 5.69 Å². The number of aliphatic carboxylic acids is 1. The third-order valence-electron chi connectivity index (χ3n) is 3.64. The zero-order valence-electron chi connectivity index (χ0n) is 11.1. The van der Waals surface area contributed by atoms with Gasteiger partial charge in [-0.1, -0.05) is 12.1 Å². The number of carbonyl (C=O) groups excluding carboxylic acids is 1. The molecule has 1 aliphatic carbocycles. The molecule has 0 bridgehead atoms. The summed E-state index contributed by atoms with van der Waals surface area (Å²) in [7, 11) is 0. The fraction of sp³-hybridized carbons (Fsp3) is 0.308. The number of tetrazole rings is 1. The second-order valence-electron chi connectivity index (χ2n) is 5.04. The molecule has 0 spiro atoms. The molecular weight excluding hydrogens is 274 g/mol. The van der Waals surface area contributed by atoms with Crippen molar-refractivity contribution in [2.75, 3.05) is 6.54 Å². The molecule has 1 aromatic heterocycles. The van der Waals surface area contributed by atoms with Crippen LogP contribution in [0.2, 0.25) is 0 Å². The summed E-state index contributed by atoms with van der Waals surface area (Å²) in [6, 6.07) is 6.86. The zero-order chi connectivity index (χ0) is 14.9. The lowest BCUT2D eigenvalue weighted by molar-refractivity contribution is -0.143. The number of benzene rings is 1. The number of carbonyl (C=O) groups is 2. The molecular formula is C13H13N5O3. The number of amides is 1. The van der Waals surface area contributed by atoms with Crippen LogP contribution in [0.15, 0.2) is 30.6 Å². The quantitative estimate of drug-likeness (QED) is 0.816. The van der Waals surface area contributed by atoms with Gasteiger partial charge in [-0.05, 0) is 35.4 Å². The fourth-order valence-corrected chi connectivity index (χ4v) is 2.10. The first kappa shape index (κ1) is 13.2. The molecule has 8 nitrogen and oxygen atoms in total. The van der Waals surface area contributed by atoms with Crippen molar-refractivity contribution >= 4 is 11.9 Å². The summed E-state index contributed by atoms with van der Waals surface area (Å²) in [6.07, 6.45) is 2.58. The van der Waals surface area contributed by atoms with E-state index in [1.54, 1.807) is 24.3 Å². The number of nitrogens with one attached hydrogen (secondary N) is 1. The van der Waals surface area contributed by atoms with E-state index in [9.17, 15) is 9.59 Å². The van der Waals surface area contributed by atoms with E-state index in [1.807, 2.05) is 0 Å². The van der Waals surface area contributed by atoms with E-state index in [0.29, 0.717) is 24.1 Å². The highest BCUT2D eigenvalue weighted by Crippen LogP contribution is 2.45. The zero-order valence-corrected chi connectivity index (χ0v) is 11.1. The maximum atomic E-state index is 12.3. The highest BCUT2D eigenvalue weighted by atomic mass is 16.4. The molecule has 1 aliphatic rings.